The molecule has 1 saturated heterocycles. The van der Waals surface area contributed by atoms with Gasteiger partial charge in [-0.15, -0.1) is 0 Å². The van der Waals surface area contributed by atoms with Gasteiger partial charge in [0.25, 0.3) is 0 Å². The van der Waals surface area contributed by atoms with Gasteiger partial charge in [-0.3, -0.25) is 9.69 Å². The van der Waals surface area contributed by atoms with Crippen molar-refractivity contribution in [3.63, 3.8) is 0 Å². The van der Waals surface area contributed by atoms with E-state index in [1.807, 2.05) is 18.2 Å². The maximum atomic E-state index is 12.5. The van der Waals surface area contributed by atoms with E-state index in [2.05, 4.69) is 24.1 Å². The molecule has 1 aromatic carbocycles. The molecule has 2 unspecified atom stereocenters. The number of amides is 1. The van der Waals surface area contributed by atoms with Crippen LogP contribution in [0.1, 0.15) is 44.8 Å². The Morgan fingerprint density at radius 1 is 1.43 bits per heavy atom. The number of hydrogen-bond acceptors (Lipinski definition) is 4. The Morgan fingerprint density at radius 3 is 2.91 bits per heavy atom. The Balaban J connectivity index is 1.92. The fraction of sp³-hybridized carbons (Fsp3) is 0.611. The third kappa shape index (κ3) is 4.69. The van der Waals surface area contributed by atoms with Crippen LogP contribution in [0, 0.1) is 0 Å². The molecule has 2 atom stereocenters. The van der Waals surface area contributed by atoms with Crippen molar-refractivity contribution in [2.75, 3.05) is 20.2 Å². The molecular weight excluding hydrogens is 292 g/mol. The fourth-order valence-corrected chi connectivity index (χ4v) is 3.14. The highest BCUT2D eigenvalue weighted by Crippen LogP contribution is 2.21. The molecule has 0 saturated carbocycles. The molecular formula is C18H28N2O3. The summed E-state index contributed by atoms with van der Waals surface area (Å²) >= 11 is 0. The molecule has 1 fully saturated rings. The lowest BCUT2D eigenvalue weighted by Crippen LogP contribution is -2.52. The number of carbonyl (C=O) groups excluding carboxylic acids is 1. The van der Waals surface area contributed by atoms with Crippen molar-refractivity contribution in [2.45, 2.75) is 51.3 Å². The molecule has 5 nitrogen and oxygen atoms in total. The van der Waals surface area contributed by atoms with Crippen molar-refractivity contribution in [1.82, 2.24) is 10.2 Å². The molecule has 1 heterocycles. The van der Waals surface area contributed by atoms with Crippen LogP contribution in [0.3, 0.4) is 0 Å². The Morgan fingerprint density at radius 2 is 2.22 bits per heavy atom. The first-order valence-corrected chi connectivity index (χ1v) is 8.38. The number of nitrogens with zero attached hydrogens (tertiary/aromatic N) is 1. The van der Waals surface area contributed by atoms with Crippen LogP contribution in [0.2, 0.25) is 0 Å². The Kier molecular flexibility index (Phi) is 6.42. The number of benzene rings is 1. The number of ether oxygens (including phenoxy) is 1. The summed E-state index contributed by atoms with van der Waals surface area (Å²) in [5.41, 5.74) is 0.744. The zero-order valence-electron chi connectivity index (χ0n) is 14.3. The third-order valence-electron chi connectivity index (χ3n) is 4.46. The molecule has 2 rings (SSSR count). The zero-order valence-corrected chi connectivity index (χ0v) is 14.3. The summed E-state index contributed by atoms with van der Waals surface area (Å²) in [6, 6.07) is 7.56. The quantitative estimate of drug-likeness (QED) is 0.843. The number of carbonyl (C=O) groups is 1. The first-order chi connectivity index (χ1) is 11.0. The molecule has 0 aromatic heterocycles. The van der Waals surface area contributed by atoms with Crippen LogP contribution in [-0.2, 0) is 4.79 Å². The van der Waals surface area contributed by atoms with Gasteiger partial charge < -0.3 is 15.2 Å². The van der Waals surface area contributed by atoms with Crippen molar-refractivity contribution in [3.8, 4) is 5.75 Å². The molecule has 0 spiro atoms. The van der Waals surface area contributed by atoms with E-state index in [0.29, 0.717) is 11.8 Å². The number of aliphatic hydroxyl groups is 1. The van der Waals surface area contributed by atoms with E-state index in [0.717, 1.165) is 31.4 Å². The Hall–Kier alpha value is -1.59. The summed E-state index contributed by atoms with van der Waals surface area (Å²) in [7, 11) is 1.59. The van der Waals surface area contributed by atoms with Gasteiger partial charge in [0.05, 0.1) is 19.3 Å². The van der Waals surface area contributed by atoms with E-state index in [4.69, 9.17) is 4.74 Å². The largest absolute Gasteiger partial charge is 0.497 e. The predicted molar refractivity (Wildman–Crippen MR) is 90.4 cm³/mol. The first-order valence-electron chi connectivity index (χ1n) is 8.38. The lowest BCUT2D eigenvalue weighted by Gasteiger charge is -2.37. The van der Waals surface area contributed by atoms with E-state index in [1.54, 1.807) is 13.2 Å². The van der Waals surface area contributed by atoms with Crippen LogP contribution in [0.4, 0.5) is 0 Å². The third-order valence-corrected chi connectivity index (χ3v) is 4.46. The van der Waals surface area contributed by atoms with E-state index in [1.165, 1.54) is 0 Å². The summed E-state index contributed by atoms with van der Waals surface area (Å²) in [6.45, 7) is 5.43. The maximum absolute atomic E-state index is 12.5. The monoisotopic (exact) mass is 320 g/mol. The van der Waals surface area contributed by atoms with Crippen LogP contribution in [0.5, 0.6) is 5.75 Å². The van der Waals surface area contributed by atoms with E-state index < -0.39 is 6.10 Å². The van der Waals surface area contributed by atoms with Crippen molar-refractivity contribution >= 4 is 5.91 Å². The highest BCUT2D eigenvalue weighted by Gasteiger charge is 2.30. The molecule has 0 bridgehead atoms. The molecule has 0 radical (unpaired) electrons. The van der Waals surface area contributed by atoms with Gasteiger partial charge in [-0.2, -0.15) is 0 Å². The molecule has 1 aliphatic rings. The second-order valence-corrected chi connectivity index (χ2v) is 6.38. The van der Waals surface area contributed by atoms with Gasteiger partial charge in [0.2, 0.25) is 5.91 Å². The number of methoxy groups -OCH3 is 1. The lowest BCUT2D eigenvalue weighted by atomic mass is 9.99. The molecule has 23 heavy (non-hydrogen) atoms. The smallest absolute Gasteiger partial charge is 0.237 e. The number of hydrogen-bond donors (Lipinski definition) is 2. The van der Waals surface area contributed by atoms with Crippen molar-refractivity contribution < 1.29 is 14.6 Å². The summed E-state index contributed by atoms with van der Waals surface area (Å²) in [5, 5.41) is 13.2. The lowest BCUT2D eigenvalue weighted by molar-refractivity contribution is -0.129. The predicted octanol–water partition coefficient (Wildman–Crippen LogP) is 2.11. The van der Waals surface area contributed by atoms with Gasteiger partial charge in [-0.1, -0.05) is 18.6 Å². The van der Waals surface area contributed by atoms with Crippen molar-refractivity contribution in [3.05, 3.63) is 29.8 Å². The van der Waals surface area contributed by atoms with Gasteiger partial charge in [-0.05, 0) is 50.9 Å². The molecule has 1 aromatic rings. The minimum Gasteiger partial charge on any atom is -0.497 e. The average Bonchev–Trinajstić information content (AvgIpc) is 2.59. The second-order valence-electron chi connectivity index (χ2n) is 6.38. The van der Waals surface area contributed by atoms with Crippen LogP contribution in [-0.4, -0.2) is 48.2 Å². The van der Waals surface area contributed by atoms with Crippen molar-refractivity contribution in [1.29, 1.82) is 0 Å². The topological polar surface area (TPSA) is 61.8 Å². The Labute approximate surface area is 138 Å². The number of rotatable bonds is 6. The van der Waals surface area contributed by atoms with Gasteiger partial charge in [-0.25, -0.2) is 0 Å². The van der Waals surface area contributed by atoms with E-state index in [-0.39, 0.29) is 18.5 Å². The summed E-state index contributed by atoms with van der Waals surface area (Å²) in [5.74, 6) is 0.714. The average molecular weight is 320 g/mol. The van der Waals surface area contributed by atoms with Crippen LogP contribution in [0.25, 0.3) is 0 Å². The maximum Gasteiger partial charge on any atom is 0.237 e. The normalized spacial score (nSPS) is 20.3. The number of piperidine rings is 1. The van der Waals surface area contributed by atoms with Crippen LogP contribution in [0.15, 0.2) is 24.3 Å². The molecule has 1 aliphatic heterocycles. The Bertz CT molecular complexity index is 519. The van der Waals surface area contributed by atoms with Crippen LogP contribution >= 0.6 is 0 Å². The second kappa shape index (κ2) is 8.31. The number of aliphatic hydroxyl groups excluding tert-OH is 1. The standard InChI is InChI=1S/C18H28N2O3/c1-13(2)20-10-5-4-9-16(20)18(22)19-12-17(21)14-7-6-8-15(11-14)23-3/h6-8,11,13,16-17,21H,4-5,9-10,12H2,1-3H3,(H,19,22). The number of nitrogens with one attached hydrogen (secondary N) is 1. The van der Waals surface area contributed by atoms with Gasteiger partial charge in [0, 0.05) is 12.6 Å². The van der Waals surface area contributed by atoms with E-state index in [9.17, 15) is 9.90 Å². The minimum atomic E-state index is -0.731. The highest BCUT2D eigenvalue weighted by atomic mass is 16.5. The molecule has 2 N–H and O–H groups in total. The van der Waals surface area contributed by atoms with Crippen molar-refractivity contribution in [2.24, 2.45) is 0 Å². The summed E-state index contributed by atoms with van der Waals surface area (Å²) in [4.78, 5) is 14.7. The van der Waals surface area contributed by atoms with E-state index >= 15 is 0 Å². The molecule has 0 aliphatic carbocycles. The number of likely N-dealkylation sites (tertiary alicyclic amines) is 1. The summed E-state index contributed by atoms with van der Waals surface area (Å²) < 4.78 is 5.16. The van der Waals surface area contributed by atoms with Gasteiger partial charge in [0.1, 0.15) is 5.75 Å². The SMILES string of the molecule is COc1cccc(C(O)CNC(=O)C2CCCCN2C(C)C)c1. The minimum absolute atomic E-state index is 0.0142. The highest BCUT2D eigenvalue weighted by molar-refractivity contribution is 5.81. The van der Waals surface area contributed by atoms with Gasteiger partial charge >= 0.3 is 0 Å². The van der Waals surface area contributed by atoms with Crippen LogP contribution < -0.4 is 10.1 Å². The van der Waals surface area contributed by atoms with Gasteiger partial charge in [0.15, 0.2) is 0 Å². The zero-order chi connectivity index (χ0) is 16.8. The fourth-order valence-electron chi connectivity index (χ4n) is 3.14. The molecule has 5 heteroatoms. The first kappa shape index (κ1) is 17.8. The summed E-state index contributed by atoms with van der Waals surface area (Å²) in [6.07, 6.45) is 2.39. The molecule has 128 valence electrons. The molecule has 1 amide bonds.